The molecule has 1 amide bonds. The van der Waals surface area contributed by atoms with Crippen molar-refractivity contribution < 1.29 is 26.7 Å². The number of sulfonamides is 1. The molecule has 168 valence electrons. The summed E-state index contributed by atoms with van der Waals surface area (Å²) in [5.41, 5.74) is 1.40. The Morgan fingerprint density at radius 1 is 0.969 bits per heavy atom. The van der Waals surface area contributed by atoms with Crippen LogP contribution in [0.4, 0.5) is 14.5 Å². The molecule has 0 spiro atoms. The van der Waals surface area contributed by atoms with Crippen molar-refractivity contribution in [1.82, 2.24) is 5.32 Å². The van der Waals surface area contributed by atoms with Gasteiger partial charge in [-0.05, 0) is 74.0 Å². The van der Waals surface area contributed by atoms with E-state index in [0.717, 1.165) is 23.4 Å². The minimum Gasteiger partial charge on any atom is -0.494 e. The second-order valence-corrected chi connectivity index (χ2v) is 8.64. The molecule has 3 aromatic rings. The fourth-order valence-electron chi connectivity index (χ4n) is 2.93. The van der Waals surface area contributed by atoms with Crippen molar-refractivity contribution in [2.24, 2.45) is 0 Å². The standard InChI is InChI=1S/C23H22F2N2O4S/c1-3-31-19-10-6-16(7-11-19)15(2)26-23(28)17-4-8-18(9-5-17)27-32(29,30)20-12-13-21(24)22(25)14-20/h4-15,27H,3H2,1-2H3,(H,26,28). The fourth-order valence-corrected chi connectivity index (χ4v) is 4.00. The highest BCUT2D eigenvalue weighted by molar-refractivity contribution is 7.92. The van der Waals surface area contributed by atoms with E-state index in [1.807, 2.05) is 38.1 Å². The lowest BCUT2D eigenvalue weighted by atomic mass is 10.1. The summed E-state index contributed by atoms with van der Waals surface area (Å²) in [5, 5.41) is 2.87. The van der Waals surface area contributed by atoms with Crippen molar-refractivity contribution in [2.45, 2.75) is 24.8 Å². The summed E-state index contributed by atoms with van der Waals surface area (Å²) in [6, 6.07) is 15.2. The van der Waals surface area contributed by atoms with Gasteiger partial charge in [-0.3, -0.25) is 9.52 Å². The van der Waals surface area contributed by atoms with Crippen molar-refractivity contribution >= 4 is 21.6 Å². The number of hydrogen-bond acceptors (Lipinski definition) is 4. The van der Waals surface area contributed by atoms with Gasteiger partial charge >= 0.3 is 0 Å². The largest absolute Gasteiger partial charge is 0.494 e. The Bertz CT molecular complexity index is 1200. The van der Waals surface area contributed by atoms with Gasteiger partial charge in [-0.2, -0.15) is 0 Å². The maximum Gasteiger partial charge on any atom is 0.261 e. The summed E-state index contributed by atoms with van der Waals surface area (Å²) in [4.78, 5) is 12.1. The number of ether oxygens (including phenoxy) is 1. The van der Waals surface area contributed by atoms with Gasteiger partial charge in [-0.15, -0.1) is 0 Å². The molecule has 0 radical (unpaired) electrons. The third-order valence-corrected chi connectivity index (χ3v) is 6.02. The number of hydrogen-bond donors (Lipinski definition) is 2. The number of rotatable bonds is 8. The maximum atomic E-state index is 13.4. The van der Waals surface area contributed by atoms with Crippen LogP contribution in [-0.2, 0) is 10.0 Å². The highest BCUT2D eigenvalue weighted by Gasteiger charge is 2.17. The number of nitrogens with one attached hydrogen (secondary N) is 2. The summed E-state index contributed by atoms with van der Waals surface area (Å²) in [6.45, 7) is 4.31. The number of halogens is 2. The molecule has 0 aliphatic heterocycles. The van der Waals surface area contributed by atoms with Crippen LogP contribution in [0.25, 0.3) is 0 Å². The SMILES string of the molecule is CCOc1ccc(C(C)NC(=O)c2ccc(NS(=O)(=O)c3ccc(F)c(F)c3)cc2)cc1. The Kier molecular flexibility index (Phi) is 7.09. The average molecular weight is 461 g/mol. The minimum absolute atomic E-state index is 0.172. The van der Waals surface area contributed by atoms with Crippen LogP contribution in [0.15, 0.2) is 71.6 Å². The third kappa shape index (κ3) is 5.61. The fraction of sp³-hybridized carbons (Fsp3) is 0.174. The number of amides is 1. The van der Waals surface area contributed by atoms with Crippen molar-refractivity contribution in [2.75, 3.05) is 11.3 Å². The molecule has 32 heavy (non-hydrogen) atoms. The van der Waals surface area contributed by atoms with Crippen LogP contribution in [-0.4, -0.2) is 20.9 Å². The van der Waals surface area contributed by atoms with Crippen molar-refractivity contribution in [3.8, 4) is 5.75 Å². The van der Waals surface area contributed by atoms with Gasteiger partial charge in [0, 0.05) is 11.3 Å². The van der Waals surface area contributed by atoms with Crippen LogP contribution < -0.4 is 14.8 Å². The molecule has 0 heterocycles. The monoisotopic (exact) mass is 460 g/mol. The highest BCUT2D eigenvalue weighted by atomic mass is 32.2. The van der Waals surface area contributed by atoms with E-state index in [1.54, 1.807) is 0 Å². The van der Waals surface area contributed by atoms with E-state index in [2.05, 4.69) is 10.0 Å². The summed E-state index contributed by atoms with van der Waals surface area (Å²) in [5.74, 6) is -1.99. The molecule has 6 nitrogen and oxygen atoms in total. The van der Waals surface area contributed by atoms with E-state index in [9.17, 15) is 22.0 Å². The lowest BCUT2D eigenvalue weighted by molar-refractivity contribution is 0.0940. The van der Waals surface area contributed by atoms with Crippen LogP contribution in [0, 0.1) is 11.6 Å². The zero-order chi connectivity index (χ0) is 23.3. The van der Waals surface area contributed by atoms with Gasteiger partial charge in [0.1, 0.15) is 5.75 Å². The van der Waals surface area contributed by atoms with E-state index in [4.69, 9.17) is 4.74 Å². The van der Waals surface area contributed by atoms with Crippen LogP contribution in [0.3, 0.4) is 0 Å². The first-order valence-electron chi connectivity index (χ1n) is 9.81. The molecule has 3 rings (SSSR count). The first kappa shape index (κ1) is 23.2. The van der Waals surface area contributed by atoms with E-state index in [1.165, 1.54) is 24.3 Å². The van der Waals surface area contributed by atoms with Crippen LogP contribution in [0.2, 0.25) is 0 Å². The van der Waals surface area contributed by atoms with E-state index in [0.29, 0.717) is 18.2 Å². The molecule has 0 bridgehead atoms. The lowest BCUT2D eigenvalue weighted by Crippen LogP contribution is -2.26. The topological polar surface area (TPSA) is 84.5 Å². The van der Waals surface area contributed by atoms with E-state index < -0.39 is 26.6 Å². The number of benzene rings is 3. The van der Waals surface area contributed by atoms with Crippen LogP contribution >= 0.6 is 0 Å². The van der Waals surface area contributed by atoms with Gasteiger partial charge in [0.2, 0.25) is 0 Å². The van der Waals surface area contributed by atoms with Crippen molar-refractivity contribution in [3.05, 3.63) is 89.5 Å². The van der Waals surface area contributed by atoms with Gasteiger partial charge in [0.15, 0.2) is 11.6 Å². The van der Waals surface area contributed by atoms with E-state index >= 15 is 0 Å². The molecular weight excluding hydrogens is 438 g/mol. The summed E-state index contributed by atoms with van der Waals surface area (Å²) in [7, 11) is -4.12. The number of anilines is 1. The second kappa shape index (κ2) is 9.78. The molecule has 0 fully saturated rings. The van der Waals surface area contributed by atoms with Gasteiger partial charge in [0.25, 0.3) is 15.9 Å². The zero-order valence-electron chi connectivity index (χ0n) is 17.4. The molecule has 1 unspecified atom stereocenters. The third-order valence-electron chi connectivity index (χ3n) is 4.64. The molecule has 1 atom stereocenters. The lowest BCUT2D eigenvalue weighted by Gasteiger charge is -2.15. The molecule has 0 aliphatic rings. The molecule has 9 heteroatoms. The van der Waals surface area contributed by atoms with Crippen molar-refractivity contribution in [3.63, 3.8) is 0 Å². The molecule has 0 aliphatic carbocycles. The van der Waals surface area contributed by atoms with Gasteiger partial charge in [-0.1, -0.05) is 12.1 Å². The summed E-state index contributed by atoms with van der Waals surface area (Å²) in [6.07, 6.45) is 0. The Morgan fingerprint density at radius 3 is 2.22 bits per heavy atom. The predicted molar refractivity (Wildman–Crippen MR) is 117 cm³/mol. The predicted octanol–water partition coefficient (Wildman–Crippen LogP) is 4.66. The summed E-state index contributed by atoms with van der Waals surface area (Å²) < 4.78 is 58.8. The molecule has 0 saturated heterocycles. The normalized spacial score (nSPS) is 12.1. The number of carbonyl (C=O) groups excluding carboxylic acids is 1. The molecule has 3 aromatic carbocycles. The van der Waals surface area contributed by atoms with Crippen LogP contribution in [0.5, 0.6) is 5.75 Å². The van der Waals surface area contributed by atoms with Crippen LogP contribution in [0.1, 0.15) is 35.8 Å². The summed E-state index contributed by atoms with van der Waals surface area (Å²) >= 11 is 0. The smallest absolute Gasteiger partial charge is 0.261 e. The average Bonchev–Trinajstić information content (AvgIpc) is 2.76. The first-order chi connectivity index (χ1) is 15.2. The second-order valence-electron chi connectivity index (χ2n) is 6.96. The van der Waals surface area contributed by atoms with Gasteiger partial charge in [-0.25, -0.2) is 17.2 Å². The quantitative estimate of drug-likeness (QED) is 0.512. The van der Waals surface area contributed by atoms with Gasteiger partial charge < -0.3 is 10.1 Å². The Hall–Kier alpha value is -3.46. The maximum absolute atomic E-state index is 13.4. The molecule has 0 aromatic heterocycles. The zero-order valence-corrected chi connectivity index (χ0v) is 18.2. The molecular formula is C23H22F2N2O4S. The Morgan fingerprint density at radius 2 is 1.62 bits per heavy atom. The Labute approximate surface area is 185 Å². The molecule has 0 saturated carbocycles. The number of carbonyl (C=O) groups is 1. The first-order valence-corrected chi connectivity index (χ1v) is 11.3. The molecule has 2 N–H and O–H groups in total. The minimum atomic E-state index is -4.12. The van der Waals surface area contributed by atoms with Gasteiger partial charge in [0.05, 0.1) is 17.5 Å². The highest BCUT2D eigenvalue weighted by Crippen LogP contribution is 2.20. The van der Waals surface area contributed by atoms with Crippen molar-refractivity contribution in [1.29, 1.82) is 0 Å². The Balaban J connectivity index is 1.65. The van der Waals surface area contributed by atoms with E-state index in [-0.39, 0.29) is 17.6 Å².